The molecule has 0 saturated carbocycles. The molecule has 82 heavy (non-hydrogen) atoms. The van der Waals surface area contributed by atoms with Crippen LogP contribution in [0.25, 0.3) is 23.2 Å². The van der Waals surface area contributed by atoms with Gasteiger partial charge in [-0.15, -0.1) is 0 Å². The Hall–Kier alpha value is -9.38. The number of amides is 2. The number of carbonyl (C=O) groups excluding carboxylic acids is 4. The van der Waals surface area contributed by atoms with Crippen molar-refractivity contribution in [3.8, 4) is 34.7 Å². The standard InChI is InChI=1S/C30H27FN4O6.C29H26FN5O6.H2/c1-13(2)22-27-35-23(26-32-20(12-39-26)28(37)38-4)24(41-27)30-17-11-16(31)6-7-19(17)33-29(30)40-21-8-5-15(10-18(21)30)9-14(3)25(36)34-22;1-12(2)21-26-35-22(25-32-19(11-39-25)27(37)38-3)23(41-26)29-15-10-14(30)5-6-18(15)33-28(29)40-20-7-4-13(8-16(20)29)9-17(31)24(36)34-21;/h5-8,10-14,22,29,33H,9H2,1-4H3,(H,34,36);4-8,10-12,17,21,28,33H,9,31H2,1-3H3,(H,34,36);1H/t14?,22-,29+,30-;17?,21-,28+,29-;/m00./s1. The Morgan fingerprint density at radius 1 is 0.622 bits per heavy atom. The van der Waals surface area contributed by atoms with Gasteiger partial charge < -0.3 is 63.6 Å². The molecule has 10 heterocycles. The minimum absolute atomic E-state index is 0. The number of rotatable bonds is 6. The van der Waals surface area contributed by atoms with Crippen molar-refractivity contribution >= 4 is 35.1 Å². The number of carbonyl (C=O) groups is 4. The Kier molecular flexibility index (Phi) is 12.1. The molecule has 6 aliphatic rings. The van der Waals surface area contributed by atoms with Gasteiger partial charge >= 0.3 is 11.9 Å². The lowest BCUT2D eigenvalue weighted by atomic mass is 9.72. The topological polar surface area (TPSA) is 283 Å². The summed E-state index contributed by atoms with van der Waals surface area (Å²) in [6.45, 7) is 9.60. The van der Waals surface area contributed by atoms with Crippen molar-refractivity contribution in [1.29, 1.82) is 0 Å². The fourth-order valence-electron chi connectivity index (χ4n) is 12.0. The second kappa shape index (κ2) is 19.1. The zero-order valence-electron chi connectivity index (χ0n) is 45.1. The predicted octanol–water partition coefficient (Wildman–Crippen LogP) is 8.42. The van der Waals surface area contributed by atoms with Gasteiger partial charge in [0, 0.05) is 41.0 Å². The van der Waals surface area contributed by atoms with Crippen LogP contribution in [-0.2, 0) is 42.7 Å². The molecule has 21 nitrogen and oxygen atoms in total. The van der Waals surface area contributed by atoms with Crippen molar-refractivity contribution in [1.82, 2.24) is 30.6 Å². The zero-order chi connectivity index (χ0) is 57.3. The molecule has 0 saturated heterocycles. The van der Waals surface area contributed by atoms with Crippen LogP contribution in [0.4, 0.5) is 20.2 Å². The largest absolute Gasteiger partial charge is 0.469 e. The highest BCUT2D eigenvalue weighted by atomic mass is 19.1. The zero-order valence-corrected chi connectivity index (χ0v) is 45.1. The van der Waals surface area contributed by atoms with Crippen LogP contribution >= 0.6 is 0 Å². The van der Waals surface area contributed by atoms with E-state index in [0.717, 1.165) is 16.7 Å². The summed E-state index contributed by atoms with van der Waals surface area (Å²) >= 11 is 0. The number of ether oxygens (including phenoxy) is 4. The Balaban J connectivity index is 0.000000162. The molecule has 4 aromatic carbocycles. The molecular weight excluding hydrogens is 1060 g/mol. The first-order valence-electron chi connectivity index (χ1n) is 26.6. The smallest absolute Gasteiger partial charge is 0.360 e. The van der Waals surface area contributed by atoms with Crippen molar-refractivity contribution in [3.05, 3.63) is 165 Å². The van der Waals surface area contributed by atoms with Gasteiger partial charge in [-0.25, -0.2) is 38.3 Å². The molecule has 8 atom stereocenters. The summed E-state index contributed by atoms with van der Waals surface area (Å²) in [7, 11) is 2.49. The SMILES string of the molecule is COC(=O)c1coc(-c2nc3oc2[C@@]24c5cc(F)ccc5N[C@@H]2Oc2ccc(cc24)CC(C)C(=O)N[C@H]3C(C)C)n1.COC(=O)c1coc(-c2nc3oc2[C@@]24c5cc(F)ccc5N[C@@H]2Oc2ccc(cc24)CC(N)C(=O)N[C@H]3C(C)C)n1.[HH]. The first kappa shape index (κ1) is 52.0. The van der Waals surface area contributed by atoms with Crippen molar-refractivity contribution in [2.24, 2.45) is 23.5 Å². The quantitative estimate of drug-likeness (QED) is 0.0977. The van der Waals surface area contributed by atoms with E-state index < -0.39 is 65.0 Å². The molecule has 14 rings (SSSR count). The van der Waals surface area contributed by atoms with E-state index in [1.807, 2.05) is 65.0 Å². The maximum atomic E-state index is 14.9. The molecule has 2 unspecified atom stereocenters. The maximum absolute atomic E-state index is 14.9. The van der Waals surface area contributed by atoms with Gasteiger partial charge in [-0.1, -0.05) is 58.9 Å². The van der Waals surface area contributed by atoms with E-state index in [1.54, 1.807) is 18.2 Å². The lowest BCUT2D eigenvalue weighted by Gasteiger charge is -2.28. The monoisotopic (exact) mass is 1120 g/mol. The number of nitrogens with two attached hydrogens (primary N) is 1. The van der Waals surface area contributed by atoms with Gasteiger partial charge in [0.15, 0.2) is 46.8 Å². The van der Waals surface area contributed by atoms with Gasteiger partial charge in [0.25, 0.3) is 0 Å². The summed E-state index contributed by atoms with van der Waals surface area (Å²) in [5.41, 5.74) is 9.76. The van der Waals surface area contributed by atoms with Crippen LogP contribution < -0.4 is 36.5 Å². The van der Waals surface area contributed by atoms with Crippen LogP contribution in [0.1, 0.15) is 126 Å². The van der Waals surface area contributed by atoms with Crippen molar-refractivity contribution < 1.29 is 66.0 Å². The number of oxazole rings is 4. The average Bonchev–Trinajstić information content (AvgIpc) is 2.66. The number of anilines is 2. The second-order valence-corrected chi connectivity index (χ2v) is 21.8. The normalized spacial score (nSPS) is 24.0. The van der Waals surface area contributed by atoms with E-state index in [4.69, 9.17) is 52.3 Å². The molecular formula is C59H55F2N9O12. The van der Waals surface area contributed by atoms with Gasteiger partial charge in [0.1, 0.15) is 58.6 Å². The molecule has 23 heteroatoms. The molecule has 0 fully saturated rings. The first-order chi connectivity index (χ1) is 39.4. The average molecular weight is 1120 g/mol. The van der Waals surface area contributed by atoms with E-state index in [1.165, 1.54) is 51.0 Å². The highest BCUT2D eigenvalue weighted by Gasteiger charge is 2.63. The fourth-order valence-corrected chi connectivity index (χ4v) is 12.0. The number of nitrogens with one attached hydrogen (secondary N) is 4. The number of benzene rings is 4. The Morgan fingerprint density at radius 3 is 1.52 bits per heavy atom. The van der Waals surface area contributed by atoms with Crippen molar-refractivity contribution in [2.75, 3.05) is 24.9 Å². The number of hydrogen-bond donors (Lipinski definition) is 5. The molecule has 6 aliphatic heterocycles. The molecule has 422 valence electrons. The predicted molar refractivity (Wildman–Crippen MR) is 286 cm³/mol. The molecule has 0 aliphatic carbocycles. The lowest BCUT2D eigenvalue weighted by molar-refractivity contribution is -0.126. The molecule has 2 spiro atoms. The Labute approximate surface area is 467 Å². The third-order valence-electron chi connectivity index (χ3n) is 16.0. The molecule has 8 bridgehead atoms. The highest BCUT2D eigenvalue weighted by Crippen LogP contribution is 2.61. The van der Waals surface area contributed by atoms with Gasteiger partial charge in [0.05, 0.1) is 20.3 Å². The minimum Gasteiger partial charge on any atom is -0.469 e. The third-order valence-corrected chi connectivity index (χ3v) is 16.0. The molecule has 2 amide bonds. The number of methoxy groups -OCH3 is 2. The number of aromatic nitrogens is 4. The number of nitrogens with zero attached hydrogens (tertiary/aromatic N) is 4. The number of hydrogen-bond acceptors (Lipinski definition) is 19. The van der Waals surface area contributed by atoms with E-state index in [2.05, 4.69) is 31.2 Å². The number of esters is 2. The van der Waals surface area contributed by atoms with Gasteiger partial charge in [-0.3, -0.25) is 9.59 Å². The van der Waals surface area contributed by atoms with Gasteiger partial charge in [0.2, 0.25) is 35.4 Å². The maximum Gasteiger partial charge on any atom is 0.360 e. The minimum atomic E-state index is -1.24. The first-order valence-corrected chi connectivity index (χ1v) is 26.6. The van der Waals surface area contributed by atoms with Crippen molar-refractivity contribution in [3.63, 3.8) is 0 Å². The Bertz CT molecular complexity index is 3720. The second-order valence-electron chi connectivity index (χ2n) is 21.8. The van der Waals surface area contributed by atoms with Crippen LogP contribution in [0, 0.1) is 29.4 Å². The number of fused-ring (bicyclic) bond motifs is 8. The van der Waals surface area contributed by atoms with E-state index in [9.17, 15) is 28.0 Å². The van der Waals surface area contributed by atoms with Gasteiger partial charge in [-0.2, -0.15) is 0 Å². The van der Waals surface area contributed by atoms with Crippen molar-refractivity contribution in [2.45, 2.75) is 88.9 Å². The van der Waals surface area contributed by atoms with Gasteiger partial charge in [-0.05, 0) is 84.3 Å². The molecule has 0 radical (unpaired) electrons. The summed E-state index contributed by atoms with van der Waals surface area (Å²) in [4.78, 5) is 69.3. The summed E-state index contributed by atoms with van der Waals surface area (Å²) < 4.78 is 77.1. The fraction of sp³-hybridized carbons (Fsp3) is 0.322. The summed E-state index contributed by atoms with van der Waals surface area (Å²) in [5.74, 6) is -1.29. The molecule has 8 aromatic rings. The summed E-state index contributed by atoms with van der Waals surface area (Å²) in [5, 5.41) is 12.8. The Morgan fingerprint density at radius 2 is 1.07 bits per heavy atom. The van der Waals surface area contributed by atoms with Crippen LogP contribution in [0.3, 0.4) is 0 Å². The van der Waals surface area contributed by atoms with E-state index in [-0.39, 0.29) is 95.3 Å². The van der Waals surface area contributed by atoms with Crippen LogP contribution in [0.2, 0.25) is 0 Å². The molecule has 6 N–H and O–H groups in total. The van der Waals surface area contributed by atoms with Crippen LogP contribution in [0.15, 0.2) is 103 Å². The third kappa shape index (κ3) is 7.86. The lowest BCUT2D eigenvalue weighted by Crippen LogP contribution is -2.45. The molecule has 4 aromatic heterocycles. The highest BCUT2D eigenvalue weighted by molar-refractivity contribution is 5.88. The van der Waals surface area contributed by atoms with Crippen LogP contribution in [0.5, 0.6) is 11.5 Å². The van der Waals surface area contributed by atoms with E-state index >= 15 is 0 Å². The number of halogens is 2. The van der Waals surface area contributed by atoms with Crippen LogP contribution in [-0.4, -0.2) is 76.4 Å². The summed E-state index contributed by atoms with van der Waals surface area (Å²) in [6, 6.07) is 18.1. The summed E-state index contributed by atoms with van der Waals surface area (Å²) in [6.07, 6.45) is 1.63. The van der Waals surface area contributed by atoms with E-state index in [0.29, 0.717) is 46.0 Å².